The van der Waals surface area contributed by atoms with E-state index in [1.54, 1.807) is 11.8 Å². The van der Waals surface area contributed by atoms with Gasteiger partial charge < -0.3 is 15.7 Å². The van der Waals surface area contributed by atoms with Crippen molar-refractivity contribution in [2.24, 2.45) is 0 Å². The Morgan fingerprint density at radius 2 is 2.06 bits per heavy atom. The summed E-state index contributed by atoms with van der Waals surface area (Å²) in [5.74, 6) is -1.06. The number of thioether (sulfide) groups is 1. The van der Waals surface area contributed by atoms with E-state index in [0.29, 0.717) is 0 Å². The molecule has 1 rings (SSSR count). The second-order valence-corrected chi connectivity index (χ2v) is 4.42. The van der Waals surface area contributed by atoms with Gasteiger partial charge in [0.05, 0.1) is 18.7 Å². The summed E-state index contributed by atoms with van der Waals surface area (Å²) in [4.78, 5) is 22.9. The topological polar surface area (TPSA) is 78.4 Å². The first-order valence-corrected chi connectivity index (χ1v) is 6.71. The highest BCUT2D eigenvalue weighted by atomic mass is 32.2. The Balaban J connectivity index is 2.37. The number of hydrogen-bond donors (Lipinski definition) is 3. The Bertz CT molecular complexity index is 424. The van der Waals surface area contributed by atoms with Crippen molar-refractivity contribution in [3.05, 3.63) is 24.3 Å². The highest BCUT2D eigenvalue weighted by Gasteiger charge is 2.05. The number of amides is 1. The predicted molar refractivity (Wildman–Crippen MR) is 72.0 cm³/mol. The van der Waals surface area contributed by atoms with E-state index in [9.17, 15) is 9.59 Å². The van der Waals surface area contributed by atoms with Gasteiger partial charge in [-0.1, -0.05) is 12.1 Å². The van der Waals surface area contributed by atoms with E-state index in [4.69, 9.17) is 5.11 Å². The van der Waals surface area contributed by atoms with Gasteiger partial charge in [0.15, 0.2) is 0 Å². The molecule has 0 unspecified atom stereocenters. The molecular formula is C12H16N2O3S. The molecule has 1 aromatic rings. The molecule has 98 valence electrons. The molecule has 3 N–H and O–H groups in total. The van der Waals surface area contributed by atoms with Crippen LogP contribution in [0.5, 0.6) is 0 Å². The van der Waals surface area contributed by atoms with Crippen LogP contribution in [0, 0.1) is 0 Å². The van der Waals surface area contributed by atoms with E-state index in [0.717, 1.165) is 10.6 Å². The molecule has 0 aliphatic carbocycles. The van der Waals surface area contributed by atoms with E-state index >= 15 is 0 Å². The zero-order valence-corrected chi connectivity index (χ0v) is 10.9. The van der Waals surface area contributed by atoms with Gasteiger partial charge in [0, 0.05) is 11.4 Å². The number of benzene rings is 1. The third kappa shape index (κ3) is 5.20. The number of carbonyl (C=O) groups excluding carboxylic acids is 1. The van der Waals surface area contributed by atoms with E-state index in [-0.39, 0.29) is 25.4 Å². The van der Waals surface area contributed by atoms with Crippen LogP contribution < -0.4 is 10.6 Å². The van der Waals surface area contributed by atoms with Gasteiger partial charge in [-0.3, -0.25) is 9.59 Å². The van der Waals surface area contributed by atoms with Crippen molar-refractivity contribution >= 4 is 29.3 Å². The molecule has 0 heterocycles. The standard InChI is InChI=1S/C12H16N2O3S/c1-18-10-5-3-2-4-9(10)14-11(15)8-13-7-6-12(16)17/h2-5,13H,6-8H2,1H3,(H,14,15)(H,16,17). The summed E-state index contributed by atoms with van der Waals surface area (Å²) in [6.45, 7) is 0.392. The van der Waals surface area contributed by atoms with Gasteiger partial charge >= 0.3 is 5.97 Å². The second kappa shape index (κ2) is 7.73. The normalized spacial score (nSPS) is 10.1. The fourth-order valence-corrected chi connectivity index (χ4v) is 1.89. The number of carboxylic acid groups (broad SMARTS) is 1. The molecule has 0 bridgehead atoms. The summed E-state index contributed by atoms with van der Waals surface area (Å²) in [6.07, 6.45) is 1.95. The van der Waals surface area contributed by atoms with Crippen molar-refractivity contribution in [3.8, 4) is 0 Å². The van der Waals surface area contributed by atoms with Crippen LogP contribution in [0.3, 0.4) is 0 Å². The van der Waals surface area contributed by atoms with Gasteiger partial charge in [-0.15, -0.1) is 11.8 Å². The van der Waals surface area contributed by atoms with Crippen molar-refractivity contribution in [1.82, 2.24) is 5.32 Å². The molecule has 0 atom stereocenters. The van der Waals surface area contributed by atoms with Crippen LogP contribution in [0.1, 0.15) is 6.42 Å². The maximum atomic E-state index is 11.6. The van der Waals surface area contributed by atoms with E-state index in [1.165, 1.54) is 0 Å². The van der Waals surface area contributed by atoms with Crippen molar-refractivity contribution in [1.29, 1.82) is 0 Å². The first-order valence-electron chi connectivity index (χ1n) is 5.49. The summed E-state index contributed by atoms with van der Waals surface area (Å²) < 4.78 is 0. The Labute approximate surface area is 110 Å². The molecule has 18 heavy (non-hydrogen) atoms. The highest BCUT2D eigenvalue weighted by Crippen LogP contribution is 2.24. The Morgan fingerprint density at radius 3 is 2.72 bits per heavy atom. The number of nitrogens with one attached hydrogen (secondary N) is 2. The maximum absolute atomic E-state index is 11.6. The number of aliphatic carboxylic acids is 1. The molecule has 6 heteroatoms. The lowest BCUT2D eigenvalue weighted by Gasteiger charge is -2.09. The SMILES string of the molecule is CSc1ccccc1NC(=O)CNCCC(=O)O. The summed E-state index contributed by atoms with van der Waals surface area (Å²) in [5, 5.41) is 14.0. The van der Waals surface area contributed by atoms with E-state index in [2.05, 4.69) is 10.6 Å². The van der Waals surface area contributed by atoms with E-state index < -0.39 is 5.97 Å². The van der Waals surface area contributed by atoms with Crippen LogP contribution in [0.25, 0.3) is 0 Å². The summed E-state index contributed by atoms with van der Waals surface area (Å²) in [6, 6.07) is 7.53. The first-order chi connectivity index (χ1) is 8.63. The number of anilines is 1. The van der Waals surface area contributed by atoms with Crippen molar-refractivity contribution in [2.45, 2.75) is 11.3 Å². The van der Waals surface area contributed by atoms with Crippen molar-refractivity contribution in [3.63, 3.8) is 0 Å². The predicted octanol–water partition coefficient (Wildman–Crippen LogP) is 1.41. The number of rotatable bonds is 7. The van der Waals surface area contributed by atoms with Crippen LogP contribution in [0.15, 0.2) is 29.2 Å². The summed E-state index contributed by atoms with van der Waals surface area (Å²) in [7, 11) is 0. The molecule has 0 spiro atoms. The number of carbonyl (C=O) groups is 2. The fraction of sp³-hybridized carbons (Fsp3) is 0.333. The van der Waals surface area contributed by atoms with Crippen LogP contribution in [-0.2, 0) is 9.59 Å². The molecular weight excluding hydrogens is 252 g/mol. The van der Waals surface area contributed by atoms with E-state index in [1.807, 2.05) is 30.5 Å². The quantitative estimate of drug-likeness (QED) is 0.515. The lowest BCUT2D eigenvalue weighted by molar-refractivity contribution is -0.137. The zero-order valence-electron chi connectivity index (χ0n) is 10.1. The molecule has 1 amide bonds. The highest BCUT2D eigenvalue weighted by molar-refractivity contribution is 7.98. The third-order valence-electron chi connectivity index (χ3n) is 2.18. The molecule has 5 nitrogen and oxygen atoms in total. The number of para-hydroxylation sites is 1. The van der Waals surface area contributed by atoms with Gasteiger partial charge in [0.1, 0.15) is 0 Å². The maximum Gasteiger partial charge on any atom is 0.304 e. The average Bonchev–Trinajstić information content (AvgIpc) is 2.35. The van der Waals surface area contributed by atoms with Gasteiger partial charge in [-0.2, -0.15) is 0 Å². The molecule has 0 saturated carbocycles. The molecule has 1 aromatic carbocycles. The van der Waals surface area contributed by atoms with Gasteiger partial charge in [-0.05, 0) is 18.4 Å². The largest absolute Gasteiger partial charge is 0.481 e. The average molecular weight is 268 g/mol. The molecule has 0 aromatic heterocycles. The number of carboxylic acids is 1. The lowest BCUT2D eigenvalue weighted by Crippen LogP contribution is -2.29. The van der Waals surface area contributed by atoms with Crippen LogP contribution in [-0.4, -0.2) is 36.3 Å². The smallest absolute Gasteiger partial charge is 0.304 e. The zero-order chi connectivity index (χ0) is 13.4. The number of hydrogen-bond acceptors (Lipinski definition) is 4. The third-order valence-corrected chi connectivity index (χ3v) is 2.98. The van der Waals surface area contributed by atoms with Crippen LogP contribution in [0.2, 0.25) is 0 Å². The van der Waals surface area contributed by atoms with Gasteiger partial charge in [0.25, 0.3) is 0 Å². The van der Waals surface area contributed by atoms with Crippen LogP contribution in [0.4, 0.5) is 5.69 Å². The van der Waals surface area contributed by atoms with Crippen LogP contribution >= 0.6 is 11.8 Å². The Kier molecular flexibility index (Phi) is 6.24. The fourth-order valence-electron chi connectivity index (χ4n) is 1.34. The minimum Gasteiger partial charge on any atom is -0.481 e. The molecule has 0 fully saturated rings. The molecule has 0 aliphatic rings. The van der Waals surface area contributed by atoms with Gasteiger partial charge in [0.2, 0.25) is 5.91 Å². The van der Waals surface area contributed by atoms with Crippen molar-refractivity contribution < 1.29 is 14.7 Å². The lowest BCUT2D eigenvalue weighted by atomic mass is 10.3. The summed E-state index contributed by atoms with van der Waals surface area (Å²) >= 11 is 1.56. The minimum absolute atomic E-state index is 0.00861. The summed E-state index contributed by atoms with van der Waals surface area (Å²) in [5.41, 5.74) is 0.773. The Hall–Kier alpha value is -1.53. The monoisotopic (exact) mass is 268 g/mol. The second-order valence-electron chi connectivity index (χ2n) is 3.57. The van der Waals surface area contributed by atoms with Gasteiger partial charge in [-0.25, -0.2) is 0 Å². The molecule has 0 saturated heterocycles. The first kappa shape index (κ1) is 14.5. The molecule has 0 radical (unpaired) electrons. The minimum atomic E-state index is -0.879. The Morgan fingerprint density at radius 1 is 1.33 bits per heavy atom. The van der Waals surface area contributed by atoms with Crippen molar-refractivity contribution in [2.75, 3.05) is 24.7 Å². The molecule has 0 aliphatic heterocycles.